The molecule has 0 amide bonds. The molecule has 1 aromatic heterocycles. The van der Waals surface area contributed by atoms with Gasteiger partial charge in [-0.25, -0.2) is 4.98 Å². The molecule has 0 aliphatic carbocycles. The largest absolute Gasteiger partial charge is 0.445 e. The van der Waals surface area contributed by atoms with Gasteiger partial charge in [-0.2, -0.15) is 0 Å². The van der Waals surface area contributed by atoms with Crippen LogP contribution in [0.25, 0.3) is 10.6 Å². The van der Waals surface area contributed by atoms with E-state index in [9.17, 15) is 0 Å². The number of aromatic nitrogens is 1. The smallest absolute Gasteiger partial charge is 0.232 e. The minimum atomic E-state index is -0.582. The molecule has 0 saturated carbocycles. The summed E-state index contributed by atoms with van der Waals surface area (Å²) in [5.74, 6) is 0.426. The van der Waals surface area contributed by atoms with Crippen molar-refractivity contribution < 1.29 is 9.47 Å². The number of benzene rings is 1. The van der Waals surface area contributed by atoms with E-state index in [4.69, 9.17) is 21.1 Å². The average molecular weight is 324 g/mol. The molecule has 0 bridgehead atoms. The van der Waals surface area contributed by atoms with Gasteiger partial charge in [0.2, 0.25) is 11.7 Å². The highest BCUT2D eigenvalue weighted by Gasteiger charge is 2.32. The maximum atomic E-state index is 6.06. The zero-order valence-electron chi connectivity index (χ0n) is 12.0. The zero-order chi connectivity index (χ0) is 14.7. The van der Waals surface area contributed by atoms with Crippen LogP contribution in [0.15, 0.2) is 30.3 Å². The fraction of sp³-hybridized carbons (Fsp3) is 0.438. The van der Waals surface area contributed by atoms with Gasteiger partial charge in [0.1, 0.15) is 5.01 Å². The van der Waals surface area contributed by atoms with E-state index in [1.54, 1.807) is 11.3 Å². The van der Waals surface area contributed by atoms with E-state index in [-0.39, 0.29) is 0 Å². The Kier molecular flexibility index (Phi) is 4.48. The lowest BCUT2D eigenvalue weighted by atomic mass is 10.1. The van der Waals surface area contributed by atoms with Crippen LogP contribution < -0.4 is 4.74 Å². The molecular weight excluding hydrogens is 306 g/mol. The van der Waals surface area contributed by atoms with E-state index in [0.29, 0.717) is 11.8 Å². The summed E-state index contributed by atoms with van der Waals surface area (Å²) in [6, 6.07) is 10.1. The fourth-order valence-electron chi connectivity index (χ4n) is 2.40. The summed E-state index contributed by atoms with van der Waals surface area (Å²) in [5.41, 5.74) is 1.08. The van der Waals surface area contributed by atoms with Gasteiger partial charge in [0.15, 0.2) is 0 Å². The minimum absolute atomic E-state index is 0.399. The van der Waals surface area contributed by atoms with Crippen LogP contribution in [0.3, 0.4) is 0 Å². The van der Waals surface area contributed by atoms with Crippen LogP contribution in [0.4, 0.5) is 0 Å². The van der Waals surface area contributed by atoms with Crippen molar-refractivity contribution >= 4 is 22.9 Å². The van der Waals surface area contributed by atoms with Gasteiger partial charge >= 0.3 is 0 Å². The number of rotatable bonds is 4. The van der Waals surface area contributed by atoms with E-state index < -0.39 is 5.79 Å². The number of halogens is 1. The van der Waals surface area contributed by atoms with Gasteiger partial charge in [-0.15, -0.1) is 22.9 Å². The van der Waals surface area contributed by atoms with Gasteiger partial charge in [0.25, 0.3) is 0 Å². The summed E-state index contributed by atoms with van der Waals surface area (Å²) in [7, 11) is 0. The predicted octanol–water partition coefficient (Wildman–Crippen LogP) is 4.84. The second kappa shape index (κ2) is 6.34. The van der Waals surface area contributed by atoms with E-state index in [0.717, 1.165) is 41.3 Å². The first kappa shape index (κ1) is 14.8. The van der Waals surface area contributed by atoms with Crippen molar-refractivity contribution in [3.63, 3.8) is 0 Å². The van der Waals surface area contributed by atoms with Crippen molar-refractivity contribution in [2.75, 3.05) is 6.61 Å². The van der Waals surface area contributed by atoms with Crippen molar-refractivity contribution in [3.05, 3.63) is 35.2 Å². The predicted molar refractivity (Wildman–Crippen MR) is 85.9 cm³/mol. The maximum Gasteiger partial charge on any atom is 0.232 e. The van der Waals surface area contributed by atoms with Crippen LogP contribution in [0, 0.1) is 0 Å². The van der Waals surface area contributed by atoms with Crippen molar-refractivity contribution in [3.8, 4) is 16.5 Å². The molecule has 1 aliphatic heterocycles. The Labute approximate surface area is 133 Å². The highest BCUT2D eigenvalue weighted by molar-refractivity contribution is 7.15. The molecule has 3 nitrogen and oxygen atoms in total. The van der Waals surface area contributed by atoms with E-state index in [2.05, 4.69) is 4.98 Å². The summed E-state index contributed by atoms with van der Waals surface area (Å²) >= 11 is 7.62. The topological polar surface area (TPSA) is 31.4 Å². The quantitative estimate of drug-likeness (QED) is 0.754. The molecule has 1 saturated heterocycles. The first-order valence-corrected chi connectivity index (χ1v) is 8.49. The van der Waals surface area contributed by atoms with Crippen LogP contribution >= 0.6 is 22.9 Å². The van der Waals surface area contributed by atoms with Crippen molar-refractivity contribution in [1.29, 1.82) is 0 Å². The zero-order valence-corrected chi connectivity index (χ0v) is 13.5. The summed E-state index contributed by atoms with van der Waals surface area (Å²) in [6.07, 6.45) is 3.09. The summed E-state index contributed by atoms with van der Waals surface area (Å²) < 4.78 is 11.8. The number of thiazole rings is 1. The third-order valence-corrected chi connectivity index (χ3v) is 5.06. The molecule has 2 aromatic rings. The van der Waals surface area contributed by atoms with Crippen LogP contribution in [0.5, 0.6) is 5.88 Å². The van der Waals surface area contributed by atoms with Crippen molar-refractivity contribution in [2.24, 2.45) is 0 Å². The number of ether oxygens (including phenoxy) is 2. The SMILES string of the molecule is CC1(Oc2nc(-c3ccccc3)sc2CCl)CCCCO1. The minimum Gasteiger partial charge on any atom is -0.445 e. The molecule has 1 aromatic carbocycles. The third kappa shape index (κ3) is 3.39. The van der Waals surface area contributed by atoms with Crippen molar-refractivity contribution in [2.45, 2.75) is 37.9 Å². The van der Waals surface area contributed by atoms with Gasteiger partial charge < -0.3 is 9.47 Å². The number of hydrogen-bond acceptors (Lipinski definition) is 4. The van der Waals surface area contributed by atoms with Gasteiger partial charge in [-0.05, 0) is 12.8 Å². The van der Waals surface area contributed by atoms with Crippen LogP contribution in [-0.4, -0.2) is 17.4 Å². The van der Waals surface area contributed by atoms with E-state index in [1.165, 1.54) is 0 Å². The highest BCUT2D eigenvalue weighted by atomic mass is 35.5. The molecule has 21 heavy (non-hydrogen) atoms. The number of hydrogen-bond donors (Lipinski definition) is 0. The van der Waals surface area contributed by atoms with Crippen LogP contribution in [0.2, 0.25) is 0 Å². The van der Waals surface area contributed by atoms with Crippen LogP contribution in [0.1, 0.15) is 31.1 Å². The molecule has 1 unspecified atom stereocenters. The molecule has 112 valence electrons. The number of alkyl halides is 1. The lowest BCUT2D eigenvalue weighted by Crippen LogP contribution is -2.39. The molecule has 0 spiro atoms. The second-order valence-corrected chi connectivity index (χ2v) is 6.64. The van der Waals surface area contributed by atoms with Crippen molar-refractivity contribution in [1.82, 2.24) is 4.98 Å². The molecular formula is C16H18ClNO2S. The van der Waals surface area contributed by atoms with Gasteiger partial charge in [-0.1, -0.05) is 30.3 Å². The second-order valence-electron chi connectivity index (χ2n) is 5.29. The van der Waals surface area contributed by atoms with Gasteiger partial charge in [0.05, 0.1) is 17.4 Å². The molecule has 1 aliphatic rings. The monoisotopic (exact) mass is 323 g/mol. The third-order valence-electron chi connectivity index (χ3n) is 3.55. The summed E-state index contributed by atoms with van der Waals surface area (Å²) in [5, 5.41) is 0.931. The molecule has 1 atom stereocenters. The van der Waals surface area contributed by atoms with Crippen LogP contribution in [-0.2, 0) is 10.6 Å². The summed E-state index contributed by atoms with van der Waals surface area (Å²) in [4.78, 5) is 5.57. The normalized spacial score (nSPS) is 22.2. The van der Waals surface area contributed by atoms with E-state index in [1.807, 2.05) is 37.3 Å². The lowest BCUT2D eigenvalue weighted by molar-refractivity contribution is -0.194. The molecule has 2 heterocycles. The average Bonchev–Trinajstić information content (AvgIpc) is 2.91. The Morgan fingerprint density at radius 2 is 2.14 bits per heavy atom. The van der Waals surface area contributed by atoms with Gasteiger partial charge in [0, 0.05) is 18.9 Å². The molecule has 5 heteroatoms. The first-order valence-electron chi connectivity index (χ1n) is 7.14. The fourth-order valence-corrected chi connectivity index (χ4v) is 3.52. The number of nitrogens with zero attached hydrogens (tertiary/aromatic N) is 1. The Hall–Kier alpha value is -1.10. The maximum absolute atomic E-state index is 6.06. The Balaban J connectivity index is 1.86. The Bertz CT molecular complexity index is 594. The lowest BCUT2D eigenvalue weighted by Gasteiger charge is -2.33. The molecule has 0 radical (unpaired) electrons. The standard InChI is InChI=1S/C16H18ClNO2S/c1-16(9-5-6-10-19-16)20-14-13(11-17)21-15(18-14)12-7-3-2-4-8-12/h2-4,7-8H,5-6,9-11H2,1H3. The summed E-state index contributed by atoms with van der Waals surface area (Å²) in [6.45, 7) is 2.72. The Morgan fingerprint density at radius 1 is 1.33 bits per heavy atom. The van der Waals surface area contributed by atoms with E-state index >= 15 is 0 Å². The first-order chi connectivity index (χ1) is 10.2. The molecule has 1 fully saturated rings. The Morgan fingerprint density at radius 3 is 2.81 bits per heavy atom. The van der Waals surface area contributed by atoms with Gasteiger partial charge in [-0.3, -0.25) is 0 Å². The highest BCUT2D eigenvalue weighted by Crippen LogP contribution is 2.37. The molecule has 3 rings (SSSR count). The molecule has 0 N–H and O–H groups in total.